The largest absolute Gasteiger partial charge is 0.342 e. The van der Waals surface area contributed by atoms with E-state index in [-0.39, 0.29) is 5.91 Å². The number of nitrogens with zero attached hydrogens (tertiary/aromatic N) is 2. The molecule has 1 aliphatic rings. The number of carbonyl (C=O) groups excluding carboxylic acids is 2. The quantitative estimate of drug-likeness (QED) is 0.598. The number of benzene rings is 1. The molecule has 0 aliphatic carbocycles. The van der Waals surface area contributed by atoms with Gasteiger partial charge in [0.1, 0.15) is 0 Å². The van der Waals surface area contributed by atoms with Crippen molar-refractivity contribution in [2.75, 3.05) is 26.2 Å². The lowest BCUT2D eigenvalue weighted by molar-refractivity contribution is -0.119. The van der Waals surface area contributed by atoms with Crippen LogP contribution in [0, 0.1) is 3.57 Å². The van der Waals surface area contributed by atoms with Crippen molar-refractivity contribution in [3.8, 4) is 0 Å². The second-order valence-electron chi connectivity index (χ2n) is 3.94. The Bertz CT molecular complexity index is 411. The highest BCUT2D eigenvalue weighted by atomic mass is 127. The van der Waals surface area contributed by atoms with Gasteiger partial charge < -0.3 is 9.80 Å². The second kappa shape index (κ2) is 5.48. The van der Waals surface area contributed by atoms with Crippen molar-refractivity contribution >= 4 is 34.9 Å². The van der Waals surface area contributed by atoms with E-state index >= 15 is 0 Å². The average molecular weight is 344 g/mol. The van der Waals surface area contributed by atoms with Crippen molar-refractivity contribution in [2.45, 2.75) is 0 Å². The number of amides is 2. The molecule has 0 aromatic heterocycles. The number of piperazine rings is 1. The van der Waals surface area contributed by atoms with Crippen molar-refractivity contribution < 1.29 is 9.59 Å². The van der Waals surface area contributed by atoms with Gasteiger partial charge in [0, 0.05) is 35.3 Å². The van der Waals surface area contributed by atoms with E-state index in [1.54, 1.807) is 9.80 Å². The van der Waals surface area contributed by atoms with Gasteiger partial charge in [-0.3, -0.25) is 9.59 Å². The van der Waals surface area contributed by atoms with Crippen LogP contribution in [-0.2, 0) is 4.79 Å². The van der Waals surface area contributed by atoms with Gasteiger partial charge in [-0.15, -0.1) is 0 Å². The Balaban J connectivity index is 2.01. The summed E-state index contributed by atoms with van der Waals surface area (Å²) in [4.78, 5) is 26.2. The zero-order chi connectivity index (χ0) is 12.3. The van der Waals surface area contributed by atoms with Crippen LogP contribution in [0.1, 0.15) is 10.4 Å². The first-order valence-electron chi connectivity index (χ1n) is 5.45. The van der Waals surface area contributed by atoms with Gasteiger partial charge in [0.2, 0.25) is 6.41 Å². The number of hydrogen-bond donors (Lipinski definition) is 0. The summed E-state index contributed by atoms with van der Waals surface area (Å²) in [5.41, 5.74) is 0.713. The third-order valence-corrected chi connectivity index (χ3v) is 3.56. The minimum atomic E-state index is 0.0481. The SMILES string of the molecule is O=CN1CCN(C(=O)c2ccc(I)cc2)CC1. The van der Waals surface area contributed by atoms with E-state index in [4.69, 9.17) is 0 Å². The number of carbonyl (C=O) groups is 2. The molecule has 0 N–H and O–H groups in total. The van der Waals surface area contributed by atoms with E-state index in [0.29, 0.717) is 31.7 Å². The third kappa shape index (κ3) is 2.96. The third-order valence-electron chi connectivity index (χ3n) is 2.84. The molecular formula is C12H13IN2O2. The maximum Gasteiger partial charge on any atom is 0.253 e. The molecule has 2 rings (SSSR count). The Hall–Kier alpha value is -1.11. The molecule has 0 spiro atoms. The van der Waals surface area contributed by atoms with E-state index in [2.05, 4.69) is 22.6 Å². The molecule has 1 saturated heterocycles. The van der Waals surface area contributed by atoms with Crippen LogP contribution >= 0.6 is 22.6 Å². The summed E-state index contributed by atoms with van der Waals surface area (Å²) >= 11 is 2.21. The van der Waals surface area contributed by atoms with E-state index in [1.165, 1.54) is 0 Å². The van der Waals surface area contributed by atoms with Crippen molar-refractivity contribution in [2.24, 2.45) is 0 Å². The molecule has 0 unspecified atom stereocenters. The Morgan fingerprint density at radius 3 is 2.24 bits per heavy atom. The fourth-order valence-electron chi connectivity index (χ4n) is 1.81. The predicted octanol–water partition coefficient (Wildman–Crippen LogP) is 1.21. The van der Waals surface area contributed by atoms with Gasteiger partial charge in [-0.2, -0.15) is 0 Å². The fraction of sp³-hybridized carbons (Fsp3) is 0.333. The minimum absolute atomic E-state index is 0.0481. The summed E-state index contributed by atoms with van der Waals surface area (Å²) in [6.07, 6.45) is 0.840. The highest BCUT2D eigenvalue weighted by Crippen LogP contribution is 2.11. The molecule has 1 heterocycles. The molecule has 5 heteroatoms. The summed E-state index contributed by atoms with van der Waals surface area (Å²) < 4.78 is 1.12. The van der Waals surface area contributed by atoms with Gasteiger partial charge in [0.15, 0.2) is 0 Å². The van der Waals surface area contributed by atoms with Gasteiger partial charge in [-0.25, -0.2) is 0 Å². The van der Waals surface area contributed by atoms with Crippen LogP contribution in [0.3, 0.4) is 0 Å². The Morgan fingerprint density at radius 1 is 1.12 bits per heavy atom. The second-order valence-corrected chi connectivity index (χ2v) is 5.19. The zero-order valence-corrected chi connectivity index (χ0v) is 11.5. The summed E-state index contributed by atoms with van der Waals surface area (Å²) in [5, 5.41) is 0. The van der Waals surface area contributed by atoms with Crippen molar-refractivity contribution in [1.29, 1.82) is 0 Å². The summed E-state index contributed by atoms with van der Waals surface area (Å²) in [6, 6.07) is 7.54. The summed E-state index contributed by atoms with van der Waals surface area (Å²) in [6.45, 7) is 2.48. The molecule has 17 heavy (non-hydrogen) atoms. The van der Waals surface area contributed by atoms with E-state index in [9.17, 15) is 9.59 Å². The lowest BCUT2D eigenvalue weighted by Crippen LogP contribution is -2.48. The van der Waals surface area contributed by atoms with Gasteiger partial charge >= 0.3 is 0 Å². The van der Waals surface area contributed by atoms with Crippen LogP contribution in [-0.4, -0.2) is 48.3 Å². The fourth-order valence-corrected chi connectivity index (χ4v) is 2.17. The molecule has 90 valence electrons. The molecule has 1 aromatic carbocycles. The van der Waals surface area contributed by atoms with E-state index < -0.39 is 0 Å². The number of hydrogen-bond acceptors (Lipinski definition) is 2. The topological polar surface area (TPSA) is 40.6 Å². The molecule has 0 atom stereocenters. The van der Waals surface area contributed by atoms with E-state index in [0.717, 1.165) is 9.98 Å². The van der Waals surface area contributed by atoms with Crippen LogP contribution in [0.5, 0.6) is 0 Å². The maximum atomic E-state index is 12.1. The molecule has 0 bridgehead atoms. The highest BCUT2D eigenvalue weighted by Gasteiger charge is 2.20. The van der Waals surface area contributed by atoms with Gasteiger partial charge in [-0.05, 0) is 46.9 Å². The zero-order valence-electron chi connectivity index (χ0n) is 9.30. The van der Waals surface area contributed by atoms with Crippen LogP contribution in [0.25, 0.3) is 0 Å². The van der Waals surface area contributed by atoms with Gasteiger partial charge in [-0.1, -0.05) is 0 Å². The van der Waals surface area contributed by atoms with Crippen molar-refractivity contribution in [3.05, 3.63) is 33.4 Å². The molecule has 0 radical (unpaired) electrons. The first-order valence-corrected chi connectivity index (χ1v) is 6.53. The predicted molar refractivity (Wildman–Crippen MR) is 72.7 cm³/mol. The average Bonchev–Trinajstić information content (AvgIpc) is 2.39. The van der Waals surface area contributed by atoms with Crippen LogP contribution < -0.4 is 0 Å². The van der Waals surface area contributed by atoms with Crippen LogP contribution in [0.2, 0.25) is 0 Å². The summed E-state index contributed by atoms with van der Waals surface area (Å²) in [7, 11) is 0. The first-order chi connectivity index (χ1) is 8.20. The monoisotopic (exact) mass is 344 g/mol. The first kappa shape index (κ1) is 12.3. The van der Waals surface area contributed by atoms with Crippen LogP contribution in [0.15, 0.2) is 24.3 Å². The normalized spacial score (nSPS) is 15.8. The lowest BCUT2D eigenvalue weighted by Gasteiger charge is -2.32. The highest BCUT2D eigenvalue weighted by molar-refractivity contribution is 14.1. The molecule has 1 aliphatic heterocycles. The Kier molecular flexibility index (Phi) is 3.98. The number of rotatable bonds is 2. The van der Waals surface area contributed by atoms with Gasteiger partial charge in [0.25, 0.3) is 5.91 Å². The molecule has 0 saturated carbocycles. The molecule has 2 amide bonds. The standard InChI is InChI=1S/C12H13IN2O2/c13-11-3-1-10(2-4-11)12(17)15-7-5-14(9-16)6-8-15/h1-4,9H,5-8H2. The van der Waals surface area contributed by atoms with E-state index in [1.807, 2.05) is 24.3 Å². The molecule has 1 aromatic rings. The Labute approximate surface area is 114 Å². The molecule has 4 nitrogen and oxygen atoms in total. The van der Waals surface area contributed by atoms with Crippen molar-refractivity contribution in [1.82, 2.24) is 9.80 Å². The minimum Gasteiger partial charge on any atom is -0.342 e. The van der Waals surface area contributed by atoms with Crippen LogP contribution in [0.4, 0.5) is 0 Å². The smallest absolute Gasteiger partial charge is 0.253 e. The number of halogens is 1. The van der Waals surface area contributed by atoms with Gasteiger partial charge in [0.05, 0.1) is 0 Å². The maximum absolute atomic E-state index is 12.1. The molecule has 1 fully saturated rings. The Morgan fingerprint density at radius 2 is 1.71 bits per heavy atom. The molecular weight excluding hydrogens is 331 g/mol. The summed E-state index contributed by atoms with van der Waals surface area (Å²) in [5.74, 6) is 0.0481. The lowest BCUT2D eigenvalue weighted by atomic mass is 10.2. The van der Waals surface area contributed by atoms with Crippen molar-refractivity contribution in [3.63, 3.8) is 0 Å².